The van der Waals surface area contributed by atoms with Gasteiger partial charge in [-0.1, -0.05) is 6.07 Å². The molecule has 0 fully saturated rings. The molecule has 1 aromatic heterocycles. The van der Waals surface area contributed by atoms with Gasteiger partial charge in [-0.05, 0) is 42.5 Å². The van der Waals surface area contributed by atoms with Crippen molar-refractivity contribution in [1.29, 1.82) is 0 Å². The fraction of sp³-hybridized carbons (Fsp3) is 0.158. The molecule has 0 aliphatic carbocycles. The van der Waals surface area contributed by atoms with E-state index in [2.05, 4.69) is 25.6 Å². The molecule has 1 heterocycles. The van der Waals surface area contributed by atoms with Gasteiger partial charge in [0.1, 0.15) is 17.5 Å². The summed E-state index contributed by atoms with van der Waals surface area (Å²) in [5, 5.41) is 5.58. The SMILES string of the molecule is Nc1nc(CSCCC(=O)Nc2cccc(F)c2)nc(Nc2ccc(F)cc2)n1. The lowest BCUT2D eigenvalue weighted by molar-refractivity contribution is -0.115. The Balaban J connectivity index is 1.48. The van der Waals surface area contributed by atoms with Gasteiger partial charge in [0.05, 0.1) is 5.75 Å². The van der Waals surface area contributed by atoms with Crippen molar-refractivity contribution < 1.29 is 13.6 Å². The van der Waals surface area contributed by atoms with E-state index in [-0.39, 0.29) is 30.0 Å². The number of hydrogen-bond acceptors (Lipinski definition) is 7. The average Bonchev–Trinajstić information content (AvgIpc) is 2.67. The van der Waals surface area contributed by atoms with Crippen LogP contribution in [0.25, 0.3) is 0 Å². The van der Waals surface area contributed by atoms with E-state index in [4.69, 9.17) is 5.73 Å². The first-order chi connectivity index (χ1) is 14.0. The van der Waals surface area contributed by atoms with Gasteiger partial charge in [-0.3, -0.25) is 4.79 Å². The molecule has 0 aliphatic heterocycles. The summed E-state index contributed by atoms with van der Waals surface area (Å²) in [7, 11) is 0. The second-order valence-electron chi connectivity index (χ2n) is 5.93. The molecule has 0 spiro atoms. The van der Waals surface area contributed by atoms with E-state index in [0.29, 0.717) is 28.7 Å². The van der Waals surface area contributed by atoms with Crippen molar-refractivity contribution >= 4 is 40.9 Å². The molecule has 0 atom stereocenters. The number of nitrogens with one attached hydrogen (secondary N) is 2. The number of nitrogen functional groups attached to an aromatic ring is 1. The van der Waals surface area contributed by atoms with E-state index in [0.717, 1.165) is 0 Å². The number of nitrogens with two attached hydrogens (primary N) is 1. The molecule has 0 aliphatic rings. The molecule has 7 nitrogen and oxygen atoms in total. The maximum atomic E-state index is 13.1. The molecule has 3 aromatic rings. The molecular formula is C19H18F2N6OS. The van der Waals surface area contributed by atoms with E-state index in [1.165, 1.54) is 42.1 Å². The molecular weight excluding hydrogens is 398 g/mol. The van der Waals surface area contributed by atoms with Gasteiger partial charge < -0.3 is 16.4 Å². The van der Waals surface area contributed by atoms with Gasteiger partial charge in [0.2, 0.25) is 17.8 Å². The number of benzene rings is 2. The Labute approximate surface area is 170 Å². The van der Waals surface area contributed by atoms with Crippen LogP contribution in [-0.2, 0) is 10.5 Å². The zero-order chi connectivity index (χ0) is 20.6. The summed E-state index contributed by atoms with van der Waals surface area (Å²) in [6.07, 6.45) is 0.252. The first-order valence-electron chi connectivity index (χ1n) is 8.64. The van der Waals surface area contributed by atoms with Crippen LogP contribution in [0.1, 0.15) is 12.2 Å². The highest BCUT2D eigenvalue weighted by Gasteiger charge is 2.07. The zero-order valence-electron chi connectivity index (χ0n) is 15.2. The number of halogens is 2. The second-order valence-corrected chi connectivity index (χ2v) is 7.03. The number of rotatable bonds is 8. The van der Waals surface area contributed by atoms with Crippen molar-refractivity contribution in [3.63, 3.8) is 0 Å². The average molecular weight is 416 g/mol. The molecule has 3 rings (SSSR count). The maximum Gasteiger partial charge on any atom is 0.232 e. The van der Waals surface area contributed by atoms with Gasteiger partial charge in [0.15, 0.2) is 0 Å². The molecule has 0 radical (unpaired) electrons. The molecule has 1 amide bonds. The van der Waals surface area contributed by atoms with Crippen LogP contribution in [0.4, 0.5) is 32.1 Å². The molecule has 2 aromatic carbocycles. The first-order valence-corrected chi connectivity index (χ1v) is 9.79. The van der Waals surface area contributed by atoms with Gasteiger partial charge >= 0.3 is 0 Å². The first kappa shape index (κ1) is 20.5. The third-order valence-electron chi connectivity index (χ3n) is 3.61. The lowest BCUT2D eigenvalue weighted by Crippen LogP contribution is -2.12. The number of carbonyl (C=O) groups excluding carboxylic acids is 1. The maximum absolute atomic E-state index is 13.1. The number of amides is 1. The minimum absolute atomic E-state index is 0.0593. The zero-order valence-corrected chi connectivity index (χ0v) is 16.0. The van der Waals surface area contributed by atoms with Crippen LogP contribution in [0.5, 0.6) is 0 Å². The van der Waals surface area contributed by atoms with Crippen molar-refractivity contribution in [3.8, 4) is 0 Å². The Kier molecular flexibility index (Phi) is 6.90. The van der Waals surface area contributed by atoms with Crippen molar-refractivity contribution in [3.05, 3.63) is 66.0 Å². The summed E-state index contributed by atoms with van der Waals surface area (Å²) in [6.45, 7) is 0. The highest BCUT2D eigenvalue weighted by Crippen LogP contribution is 2.17. The molecule has 0 bridgehead atoms. The van der Waals surface area contributed by atoms with E-state index in [9.17, 15) is 13.6 Å². The van der Waals surface area contributed by atoms with E-state index in [1.807, 2.05) is 0 Å². The lowest BCUT2D eigenvalue weighted by atomic mass is 10.3. The number of nitrogens with zero attached hydrogens (tertiary/aromatic N) is 3. The normalized spacial score (nSPS) is 10.6. The largest absolute Gasteiger partial charge is 0.368 e. The summed E-state index contributed by atoms with van der Waals surface area (Å²) in [4.78, 5) is 24.3. The molecule has 0 saturated heterocycles. The molecule has 0 saturated carbocycles. The predicted octanol–water partition coefficient (Wildman–Crippen LogP) is 3.74. The number of hydrogen-bond donors (Lipinski definition) is 3. The van der Waals surface area contributed by atoms with Gasteiger partial charge in [0.25, 0.3) is 0 Å². The summed E-state index contributed by atoms with van der Waals surface area (Å²) in [6, 6.07) is 11.5. The molecule has 150 valence electrons. The minimum atomic E-state index is -0.408. The van der Waals surface area contributed by atoms with Crippen molar-refractivity contribution in [2.75, 3.05) is 22.1 Å². The smallest absolute Gasteiger partial charge is 0.232 e. The number of carbonyl (C=O) groups is 1. The summed E-state index contributed by atoms with van der Waals surface area (Å²) >= 11 is 1.45. The summed E-state index contributed by atoms with van der Waals surface area (Å²) in [5.74, 6) is 0.756. The van der Waals surface area contributed by atoms with Crippen LogP contribution in [0.15, 0.2) is 48.5 Å². The Morgan fingerprint density at radius 2 is 1.79 bits per heavy atom. The fourth-order valence-corrected chi connectivity index (χ4v) is 3.12. The van der Waals surface area contributed by atoms with Gasteiger partial charge in [-0.15, -0.1) is 0 Å². The summed E-state index contributed by atoms with van der Waals surface area (Å²) < 4.78 is 26.1. The Bertz CT molecular complexity index is 987. The van der Waals surface area contributed by atoms with Crippen LogP contribution in [-0.4, -0.2) is 26.6 Å². The van der Waals surface area contributed by atoms with Gasteiger partial charge in [0, 0.05) is 23.5 Å². The third kappa shape index (κ3) is 6.68. The van der Waals surface area contributed by atoms with Crippen molar-refractivity contribution in [2.45, 2.75) is 12.2 Å². The molecule has 4 N–H and O–H groups in total. The van der Waals surface area contributed by atoms with Crippen molar-refractivity contribution in [1.82, 2.24) is 15.0 Å². The molecule has 0 unspecified atom stereocenters. The quantitative estimate of drug-likeness (QED) is 0.480. The standard InChI is InChI=1S/C19H18F2N6OS/c20-12-4-6-14(7-5-12)24-19-26-16(25-18(22)27-19)11-29-9-8-17(28)23-15-3-1-2-13(21)10-15/h1-7,10H,8-9,11H2,(H,23,28)(H3,22,24,25,26,27). The summed E-state index contributed by atoms with van der Waals surface area (Å²) in [5.41, 5.74) is 6.76. The predicted molar refractivity (Wildman–Crippen MR) is 110 cm³/mol. The van der Waals surface area contributed by atoms with Crippen LogP contribution in [0.3, 0.4) is 0 Å². The minimum Gasteiger partial charge on any atom is -0.368 e. The number of aromatic nitrogens is 3. The van der Waals surface area contributed by atoms with Crippen LogP contribution in [0, 0.1) is 11.6 Å². The third-order valence-corrected chi connectivity index (χ3v) is 4.57. The second kappa shape index (κ2) is 9.78. The Morgan fingerprint density at radius 1 is 1.00 bits per heavy atom. The monoisotopic (exact) mass is 416 g/mol. The highest BCUT2D eigenvalue weighted by atomic mass is 32.2. The fourth-order valence-electron chi connectivity index (χ4n) is 2.34. The molecule has 10 heteroatoms. The van der Waals surface area contributed by atoms with Gasteiger partial charge in [-0.2, -0.15) is 26.7 Å². The van der Waals surface area contributed by atoms with Gasteiger partial charge in [-0.25, -0.2) is 8.78 Å². The number of thioether (sulfide) groups is 1. The van der Waals surface area contributed by atoms with Crippen LogP contribution >= 0.6 is 11.8 Å². The van der Waals surface area contributed by atoms with E-state index in [1.54, 1.807) is 18.2 Å². The highest BCUT2D eigenvalue weighted by molar-refractivity contribution is 7.98. The van der Waals surface area contributed by atoms with Crippen molar-refractivity contribution in [2.24, 2.45) is 0 Å². The Morgan fingerprint density at radius 3 is 2.55 bits per heavy atom. The Hall–Kier alpha value is -3.27. The van der Waals surface area contributed by atoms with E-state index >= 15 is 0 Å². The lowest BCUT2D eigenvalue weighted by Gasteiger charge is -2.08. The van der Waals surface area contributed by atoms with Crippen LogP contribution < -0.4 is 16.4 Å². The topological polar surface area (TPSA) is 106 Å². The van der Waals surface area contributed by atoms with Crippen LogP contribution in [0.2, 0.25) is 0 Å². The number of anilines is 4. The molecule has 29 heavy (non-hydrogen) atoms. The van der Waals surface area contributed by atoms with E-state index < -0.39 is 5.82 Å².